The van der Waals surface area contributed by atoms with E-state index in [-0.39, 0.29) is 10.6 Å². The van der Waals surface area contributed by atoms with E-state index in [1.54, 1.807) is 4.90 Å². The monoisotopic (exact) mass is 277 g/mol. The molecule has 0 aromatic heterocycles. The van der Waals surface area contributed by atoms with Crippen LogP contribution in [0.15, 0.2) is 17.0 Å². The summed E-state index contributed by atoms with van der Waals surface area (Å²) in [6.45, 7) is 2.30. The van der Waals surface area contributed by atoms with Gasteiger partial charge in [0.25, 0.3) is 0 Å². The van der Waals surface area contributed by atoms with Crippen LogP contribution in [0.4, 0.5) is 14.5 Å². The zero-order valence-electron chi connectivity index (χ0n) is 9.49. The smallest absolute Gasteiger partial charge is 0.240 e. The van der Waals surface area contributed by atoms with Crippen molar-refractivity contribution in [1.29, 1.82) is 0 Å². The number of hydrogen-bond acceptors (Lipinski definition) is 4. The van der Waals surface area contributed by atoms with Gasteiger partial charge in [-0.15, -0.1) is 0 Å². The molecule has 0 radical (unpaired) electrons. The Labute approximate surface area is 104 Å². The highest BCUT2D eigenvalue weighted by atomic mass is 32.2. The van der Waals surface area contributed by atoms with Gasteiger partial charge in [0.05, 0.1) is 5.69 Å². The fraction of sp³-hybridized carbons (Fsp3) is 0.400. The zero-order chi connectivity index (χ0) is 13.3. The number of nitrogens with one attached hydrogen (secondary N) is 1. The van der Waals surface area contributed by atoms with E-state index in [1.165, 1.54) is 0 Å². The molecule has 1 heterocycles. The topological polar surface area (TPSA) is 75.4 Å². The second kappa shape index (κ2) is 4.79. The standard InChI is InChI=1S/C10H13F2N3O2S/c11-7-5-9(15-3-1-14-2-4-15)10(6-8(7)12)18(13,16)17/h5-6,14H,1-4H2,(H2,13,16,17). The molecule has 0 bridgehead atoms. The van der Waals surface area contributed by atoms with Crippen LogP contribution in [-0.2, 0) is 10.0 Å². The molecule has 0 spiro atoms. The van der Waals surface area contributed by atoms with Gasteiger partial charge < -0.3 is 10.2 Å². The molecule has 8 heteroatoms. The van der Waals surface area contributed by atoms with Crippen molar-refractivity contribution in [2.24, 2.45) is 5.14 Å². The molecule has 1 fully saturated rings. The lowest BCUT2D eigenvalue weighted by atomic mass is 10.2. The highest BCUT2D eigenvalue weighted by molar-refractivity contribution is 7.89. The summed E-state index contributed by atoms with van der Waals surface area (Å²) in [6, 6.07) is 1.50. The molecular formula is C10H13F2N3O2S. The van der Waals surface area contributed by atoms with Gasteiger partial charge in [-0.05, 0) is 6.07 Å². The number of benzene rings is 1. The number of rotatable bonds is 2. The van der Waals surface area contributed by atoms with Crippen molar-refractivity contribution < 1.29 is 17.2 Å². The molecular weight excluding hydrogens is 264 g/mol. The predicted octanol–water partition coefficient (Wildman–Crippen LogP) is 0.0218. The number of anilines is 1. The van der Waals surface area contributed by atoms with Gasteiger partial charge in [0.1, 0.15) is 4.90 Å². The average molecular weight is 277 g/mol. The zero-order valence-corrected chi connectivity index (χ0v) is 10.3. The summed E-state index contributed by atoms with van der Waals surface area (Å²) in [4.78, 5) is 1.28. The minimum absolute atomic E-state index is 0.109. The molecule has 0 aliphatic carbocycles. The maximum atomic E-state index is 13.2. The normalized spacial score (nSPS) is 16.9. The van der Waals surface area contributed by atoms with Crippen LogP contribution in [0.25, 0.3) is 0 Å². The minimum Gasteiger partial charge on any atom is -0.368 e. The van der Waals surface area contributed by atoms with Crippen molar-refractivity contribution >= 4 is 15.7 Å². The van der Waals surface area contributed by atoms with Gasteiger partial charge in [0.15, 0.2) is 11.6 Å². The summed E-state index contributed by atoms with van der Waals surface area (Å²) < 4.78 is 49.2. The third-order valence-corrected chi connectivity index (χ3v) is 3.71. The first kappa shape index (κ1) is 13.2. The van der Waals surface area contributed by atoms with Crippen molar-refractivity contribution in [3.05, 3.63) is 23.8 Å². The first-order valence-electron chi connectivity index (χ1n) is 5.37. The Kier molecular flexibility index (Phi) is 3.51. The van der Waals surface area contributed by atoms with Crippen LogP contribution in [-0.4, -0.2) is 34.6 Å². The average Bonchev–Trinajstić information content (AvgIpc) is 2.32. The number of nitrogens with two attached hydrogens (primary N) is 1. The Morgan fingerprint density at radius 1 is 1.17 bits per heavy atom. The quantitative estimate of drug-likeness (QED) is 0.799. The van der Waals surface area contributed by atoms with E-state index in [1.807, 2.05) is 0 Å². The lowest BCUT2D eigenvalue weighted by Crippen LogP contribution is -2.44. The van der Waals surface area contributed by atoms with Crippen molar-refractivity contribution in [3.63, 3.8) is 0 Å². The number of piperazine rings is 1. The maximum Gasteiger partial charge on any atom is 0.240 e. The molecule has 100 valence electrons. The van der Waals surface area contributed by atoms with Crippen LogP contribution in [0.1, 0.15) is 0 Å². The molecule has 1 aromatic rings. The van der Waals surface area contributed by atoms with Gasteiger partial charge in [-0.25, -0.2) is 22.3 Å². The molecule has 0 unspecified atom stereocenters. The number of hydrogen-bond donors (Lipinski definition) is 2. The highest BCUT2D eigenvalue weighted by Crippen LogP contribution is 2.27. The van der Waals surface area contributed by atoms with Crippen molar-refractivity contribution in [2.75, 3.05) is 31.1 Å². The van der Waals surface area contributed by atoms with Crippen LogP contribution >= 0.6 is 0 Å². The molecule has 0 atom stereocenters. The van der Waals surface area contributed by atoms with Crippen molar-refractivity contribution in [1.82, 2.24) is 5.32 Å². The van der Waals surface area contributed by atoms with Gasteiger partial charge in [0, 0.05) is 32.2 Å². The predicted molar refractivity (Wildman–Crippen MR) is 62.8 cm³/mol. The maximum absolute atomic E-state index is 13.2. The summed E-state index contributed by atoms with van der Waals surface area (Å²) in [5, 5.41) is 8.10. The van der Waals surface area contributed by atoms with Crippen molar-refractivity contribution in [3.8, 4) is 0 Å². The Hall–Kier alpha value is -1.25. The Morgan fingerprint density at radius 3 is 2.28 bits per heavy atom. The fourth-order valence-electron chi connectivity index (χ4n) is 1.90. The van der Waals surface area contributed by atoms with Crippen LogP contribution in [0.5, 0.6) is 0 Å². The van der Waals surface area contributed by atoms with Gasteiger partial charge in [-0.1, -0.05) is 0 Å². The first-order valence-corrected chi connectivity index (χ1v) is 6.92. The number of halogens is 2. The first-order chi connectivity index (χ1) is 8.39. The van der Waals surface area contributed by atoms with Gasteiger partial charge in [-0.3, -0.25) is 0 Å². The Balaban J connectivity index is 2.53. The minimum atomic E-state index is -4.09. The van der Waals surface area contributed by atoms with E-state index in [0.29, 0.717) is 32.2 Å². The van der Waals surface area contributed by atoms with Gasteiger partial charge in [0.2, 0.25) is 10.0 Å². The molecule has 18 heavy (non-hydrogen) atoms. The molecule has 1 saturated heterocycles. The number of sulfonamides is 1. The largest absolute Gasteiger partial charge is 0.368 e. The summed E-state index contributed by atoms with van der Waals surface area (Å²) in [6.07, 6.45) is 0. The Bertz CT molecular complexity index is 556. The van der Waals surface area contributed by atoms with E-state index < -0.39 is 21.7 Å². The van der Waals surface area contributed by atoms with Crippen LogP contribution in [0.2, 0.25) is 0 Å². The summed E-state index contributed by atoms with van der Waals surface area (Å²) in [5.74, 6) is -2.31. The number of nitrogens with zero attached hydrogens (tertiary/aromatic N) is 1. The van der Waals surface area contributed by atoms with Crippen LogP contribution < -0.4 is 15.4 Å². The molecule has 0 amide bonds. The molecule has 5 nitrogen and oxygen atoms in total. The van der Waals surface area contributed by atoms with E-state index in [4.69, 9.17) is 5.14 Å². The van der Waals surface area contributed by atoms with Gasteiger partial charge in [-0.2, -0.15) is 0 Å². The van der Waals surface area contributed by atoms with E-state index in [0.717, 1.165) is 6.07 Å². The third-order valence-electron chi connectivity index (χ3n) is 2.77. The Morgan fingerprint density at radius 2 is 1.72 bits per heavy atom. The lowest BCUT2D eigenvalue weighted by molar-refractivity contribution is 0.502. The molecule has 0 saturated carbocycles. The molecule has 1 aromatic carbocycles. The van der Waals surface area contributed by atoms with Gasteiger partial charge >= 0.3 is 0 Å². The summed E-state index contributed by atoms with van der Waals surface area (Å²) >= 11 is 0. The molecule has 3 N–H and O–H groups in total. The van der Waals surface area contributed by atoms with E-state index in [9.17, 15) is 17.2 Å². The van der Waals surface area contributed by atoms with E-state index >= 15 is 0 Å². The highest BCUT2D eigenvalue weighted by Gasteiger charge is 2.23. The fourth-order valence-corrected chi connectivity index (χ4v) is 2.65. The summed E-state index contributed by atoms with van der Waals surface area (Å²) in [7, 11) is -4.09. The number of primary sulfonamides is 1. The molecule has 2 rings (SSSR count). The van der Waals surface area contributed by atoms with Crippen LogP contribution in [0.3, 0.4) is 0 Å². The molecule has 1 aliphatic heterocycles. The third kappa shape index (κ3) is 2.60. The van der Waals surface area contributed by atoms with Crippen molar-refractivity contribution in [2.45, 2.75) is 4.90 Å². The lowest BCUT2D eigenvalue weighted by Gasteiger charge is -2.30. The van der Waals surface area contributed by atoms with E-state index in [2.05, 4.69) is 5.32 Å². The second-order valence-electron chi connectivity index (χ2n) is 4.02. The SMILES string of the molecule is NS(=O)(=O)c1cc(F)c(F)cc1N1CCNCC1. The second-order valence-corrected chi connectivity index (χ2v) is 5.55. The van der Waals surface area contributed by atoms with Crippen LogP contribution in [0, 0.1) is 11.6 Å². The molecule has 1 aliphatic rings. The summed E-state index contributed by atoms with van der Waals surface area (Å²) in [5.41, 5.74) is 0.109.